The first kappa shape index (κ1) is 17.4. The largest absolute Gasteiger partial charge is 0.480 e. The summed E-state index contributed by atoms with van der Waals surface area (Å²) in [4.78, 5) is 35.6. The van der Waals surface area contributed by atoms with Gasteiger partial charge in [0.05, 0.1) is 0 Å². The van der Waals surface area contributed by atoms with Crippen molar-refractivity contribution in [3.63, 3.8) is 0 Å². The van der Waals surface area contributed by atoms with Crippen LogP contribution in [0.2, 0.25) is 0 Å². The van der Waals surface area contributed by atoms with Crippen LogP contribution in [-0.4, -0.2) is 40.5 Å². The van der Waals surface area contributed by atoms with Crippen molar-refractivity contribution in [3.05, 3.63) is 35.9 Å². The first-order valence-electron chi connectivity index (χ1n) is 6.73. The van der Waals surface area contributed by atoms with Gasteiger partial charge in [0.25, 0.3) is 0 Å². The van der Waals surface area contributed by atoms with Crippen molar-refractivity contribution < 1.29 is 19.5 Å². The molecule has 1 rings (SSSR count). The van der Waals surface area contributed by atoms with Crippen LogP contribution >= 0.6 is 12.6 Å². The van der Waals surface area contributed by atoms with E-state index in [1.807, 2.05) is 6.92 Å². The van der Waals surface area contributed by atoms with E-state index in [9.17, 15) is 14.4 Å². The van der Waals surface area contributed by atoms with Gasteiger partial charge in [-0.1, -0.05) is 37.3 Å². The average Bonchev–Trinajstić information content (AvgIpc) is 2.48. The van der Waals surface area contributed by atoms with E-state index in [1.54, 1.807) is 30.3 Å². The van der Waals surface area contributed by atoms with Crippen LogP contribution in [0.15, 0.2) is 30.3 Å². The lowest BCUT2D eigenvalue weighted by Gasteiger charge is -2.20. The Morgan fingerprint density at radius 1 is 1.24 bits per heavy atom. The van der Waals surface area contributed by atoms with Crippen LogP contribution in [0.4, 0.5) is 0 Å². The molecule has 0 radical (unpaired) electrons. The molecule has 2 atom stereocenters. The standard InChI is InChI=1S/C15H19NO4S/c1-2-6-12(17)13(16-11(9-21)15(19)20)14(18)10-7-4-3-5-8-10/h3-5,7-8,11,13,16,21H,2,6,9H2,1H3,(H,19,20)/t11-,13?/m1/s1. The topological polar surface area (TPSA) is 83.5 Å². The Balaban J connectivity index is 2.99. The molecule has 0 bridgehead atoms. The fourth-order valence-corrected chi connectivity index (χ4v) is 2.14. The van der Waals surface area contributed by atoms with E-state index in [2.05, 4.69) is 17.9 Å². The summed E-state index contributed by atoms with van der Waals surface area (Å²) in [5.74, 6) is -1.87. The van der Waals surface area contributed by atoms with Crippen molar-refractivity contribution in [2.75, 3.05) is 5.75 Å². The van der Waals surface area contributed by atoms with Crippen LogP contribution in [0.1, 0.15) is 30.1 Å². The molecular weight excluding hydrogens is 290 g/mol. The van der Waals surface area contributed by atoms with Gasteiger partial charge in [-0.05, 0) is 6.42 Å². The molecule has 0 saturated carbocycles. The molecular formula is C15H19NO4S. The van der Waals surface area contributed by atoms with Gasteiger partial charge >= 0.3 is 5.97 Å². The molecule has 1 aromatic carbocycles. The van der Waals surface area contributed by atoms with Crippen molar-refractivity contribution in [1.29, 1.82) is 0 Å². The van der Waals surface area contributed by atoms with E-state index in [1.165, 1.54) is 0 Å². The predicted octanol–water partition coefficient (Wildman–Crippen LogP) is 1.58. The van der Waals surface area contributed by atoms with Gasteiger partial charge in [0, 0.05) is 17.7 Å². The summed E-state index contributed by atoms with van der Waals surface area (Å²) < 4.78 is 0. The maximum atomic E-state index is 12.4. The lowest BCUT2D eigenvalue weighted by molar-refractivity contribution is -0.139. The van der Waals surface area contributed by atoms with Crippen molar-refractivity contribution in [1.82, 2.24) is 5.32 Å². The highest BCUT2D eigenvalue weighted by molar-refractivity contribution is 7.80. The van der Waals surface area contributed by atoms with Gasteiger partial charge < -0.3 is 5.11 Å². The number of benzene rings is 1. The fraction of sp³-hybridized carbons (Fsp3) is 0.400. The third-order valence-corrected chi connectivity index (χ3v) is 3.35. The number of nitrogens with one attached hydrogen (secondary N) is 1. The molecule has 0 heterocycles. The van der Waals surface area contributed by atoms with Crippen LogP contribution in [0.5, 0.6) is 0 Å². The molecule has 0 aliphatic carbocycles. The van der Waals surface area contributed by atoms with Gasteiger partial charge in [0.2, 0.25) is 0 Å². The molecule has 114 valence electrons. The Kier molecular flexibility index (Phi) is 7.11. The Labute approximate surface area is 129 Å². The van der Waals surface area contributed by atoms with Crippen LogP contribution < -0.4 is 5.32 Å². The van der Waals surface area contributed by atoms with E-state index in [0.29, 0.717) is 12.0 Å². The van der Waals surface area contributed by atoms with Gasteiger partial charge in [-0.2, -0.15) is 12.6 Å². The van der Waals surface area contributed by atoms with Crippen LogP contribution in [0.25, 0.3) is 0 Å². The molecule has 5 nitrogen and oxygen atoms in total. The molecule has 0 aromatic heterocycles. The zero-order valence-corrected chi connectivity index (χ0v) is 12.7. The van der Waals surface area contributed by atoms with Crippen molar-refractivity contribution in [2.45, 2.75) is 31.8 Å². The molecule has 0 aliphatic rings. The first-order chi connectivity index (χ1) is 10.0. The minimum Gasteiger partial charge on any atom is -0.480 e. The van der Waals surface area contributed by atoms with Crippen molar-refractivity contribution in [2.24, 2.45) is 0 Å². The number of carbonyl (C=O) groups excluding carboxylic acids is 2. The maximum absolute atomic E-state index is 12.4. The number of thiol groups is 1. The third kappa shape index (κ3) is 4.99. The highest BCUT2D eigenvalue weighted by Crippen LogP contribution is 2.08. The summed E-state index contributed by atoms with van der Waals surface area (Å²) in [7, 11) is 0. The zero-order chi connectivity index (χ0) is 15.8. The molecule has 21 heavy (non-hydrogen) atoms. The average molecular weight is 309 g/mol. The quantitative estimate of drug-likeness (QED) is 0.366. The van der Waals surface area contributed by atoms with Gasteiger partial charge in [-0.25, -0.2) is 0 Å². The summed E-state index contributed by atoms with van der Waals surface area (Å²) in [6, 6.07) is 6.16. The molecule has 0 spiro atoms. The third-order valence-electron chi connectivity index (χ3n) is 2.99. The van der Waals surface area contributed by atoms with Crippen LogP contribution in [0, 0.1) is 0 Å². The minimum absolute atomic E-state index is 0.00664. The lowest BCUT2D eigenvalue weighted by atomic mass is 9.97. The SMILES string of the molecule is CCCC(=O)C(N[C@H](CS)C(=O)O)C(=O)c1ccccc1. The predicted molar refractivity (Wildman–Crippen MR) is 82.9 cm³/mol. The Hall–Kier alpha value is -1.66. The summed E-state index contributed by atoms with van der Waals surface area (Å²) in [5, 5.41) is 11.7. The second-order valence-corrected chi connectivity index (χ2v) is 4.98. The smallest absolute Gasteiger partial charge is 0.321 e. The van der Waals surface area contributed by atoms with Gasteiger partial charge in [0.15, 0.2) is 11.6 Å². The second-order valence-electron chi connectivity index (χ2n) is 4.62. The summed E-state index contributed by atoms with van der Waals surface area (Å²) in [5.41, 5.74) is 0.378. The Bertz CT molecular complexity index is 504. The van der Waals surface area contributed by atoms with E-state index >= 15 is 0 Å². The van der Waals surface area contributed by atoms with Crippen LogP contribution in [-0.2, 0) is 9.59 Å². The summed E-state index contributed by atoms with van der Waals surface area (Å²) in [6.45, 7) is 1.83. The molecule has 0 amide bonds. The Morgan fingerprint density at radius 3 is 2.33 bits per heavy atom. The molecule has 6 heteroatoms. The Morgan fingerprint density at radius 2 is 1.86 bits per heavy atom. The molecule has 0 fully saturated rings. The normalized spacial score (nSPS) is 13.4. The van der Waals surface area contributed by atoms with Gasteiger partial charge in [-0.3, -0.25) is 19.7 Å². The first-order valence-corrected chi connectivity index (χ1v) is 7.36. The number of Topliss-reactive ketones (excluding diaryl/α,β-unsaturated/α-hetero) is 2. The van der Waals surface area contributed by atoms with Gasteiger partial charge in [0.1, 0.15) is 12.1 Å². The number of hydrogen-bond acceptors (Lipinski definition) is 5. The highest BCUT2D eigenvalue weighted by Gasteiger charge is 2.30. The highest BCUT2D eigenvalue weighted by atomic mass is 32.1. The number of ketones is 2. The van der Waals surface area contributed by atoms with Crippen molar-refractivity contribution in [3.8, 4) is 0 Å². The number of carboxylic acids is 1. The number of carbonyl (C=O) groups is 3. The molecule has 0 aliphatic heterocycles. The van der Waals surface area contributed by atoms with E-state index in [-0.39, 0.29) is 18.0 Å². The molecule has 1 aromatic rings. The molecule has 2 N–H and O–H groups in total. The number of rotatable bonds is 9. The molecule has 0 saturated heterocycles. The maximum Gasteiger partial charge on any atom is 0.321 e. The van der Waals surface area contributed by atoms with Crippen LogP contribution in [0.3, 0.4) is 0 Å². The van der Waals surface area contributed by atoms with E-state index < -0.39 is 23.8 Å². The number of carboxylic acid groups (broad SMARTS) is 1. The number of hydrogen-bond donors (Lipinski definition) is 3. The van der Waals surface area contributed by atoms with Gasteiger partial charge in [-0.15, -0.1) is 0 Å². The van der Waals surface area contributed by atoms with E-state index in [4.69, 9.17) is 5.11 Å². The lowest BCUT2D eigenvalue weighted by Crippen LogP contribution is -2.52. The monoisotopic (exact) mass is 309 g/mol. The van der Waals surface area contributed by atoms with Crippen molar-refractivity contribution >= 4 is 30.2 Å². The zero-order valence-electron chi connectivity index (χ0n) is 11.8. The number of aliphatic carboxylic acids is 1. The summed E-state index contributed by atoms with van der Waals surface area (Å²) in [6.07, 6.45) is 0.812. The second kappa shape index (κ2) is 8.59. The minimum atomic E-state index is -1.15. The fourth-order valence-electron chi connectivity index (χ4n) is 1.88. The summed E-state index contributed by atoms with van der Waals surface area (Å²) >= 11 is 3.94. The molecule has 1 unspecified atom stereocenters. The van der Waals surface area contributed by atoms with E-state index in [0.717, 1.165) is 0 Å².